The third-order valence-corrected chi connectivity index (χ3v) is 2.75. The fourth-order valence-electron chi connectivity index (χ4n) is 1.43. The Hall–Kier alpha value is -2.48. The fraction of sp³-hybridized carbons (Fsp3) is 0. The van der Waals surface area contributed by atoms with Crippen molar-refractivity contribution in [3.63, 3.8) is 0 Å². The highest BCUT2D eigenvalue weighted by Gasteiger charge is 2.08. The number of aromatic nitrogens is 1. The molecule has 1 aromatic carbocycles. The van der Waals surface area contributed by atoms with Crippen molar-refractivity contribution < 1.29 is 9.72 Å². The lowest BCUT2D eigenvalue weighted by Gasteiger charge is -2.06. The molecule has 7 nitrogen and oxygen atoms in total. The number of benzene rings is 1. The van der Waals surface area contributed by atoms with Gasteiger partial charge < -0.3 is 5.32 Å². The van der Waals surface area contributed by atoms with Crippen LogP contribution in [-0.2, 0) is 0 Å². The Morgan fingerprint density at radius 3 is 2.70 bits per heavy atom. The maximum atomic E-state index is 11.7. The van der Waals surface area contributed by atoms with Gasteiger partial charge in [0.15, 0.2) is 0 Å². The molecule has 0 aliphatic rings. The zero-order valence-corrected chi connectivity index (χ0v) is 11.6. The van der Waals surface area contributed by atoms with Gasteiger partial charge in [-0.25, -0.2) is 9.78 Å². The lowest BCUT2D eigenvalue weighted by atomic mass is 10.3. The standard InChI is InChI=1S/C12H9BrN4O3/c13-8-4-5-11(14-7-8)16-12(18)15-9-2-1-3-10(6-9)17(19)20/h1-7H,(H2,14,15,16,18). The van der Waals surface area contributed by atoms with Crippen LogP contribution in [0, 0.1) is 10.1 Å². The van der Waals surface area contributed by atoms with E-state index < -0.39 is 11.0 Å². The van der Waals surface area contributed by atoms with E-state index in [1.54, 1.807) is 24.4 Å². The molecular weight excluding hydrogens is 328 g/mol. The van der Waals surface area contributed by atoms with Crippen LogP contribution in [0.3, 0.4) is 0 Å². The van der Waals surface area contributed by atoms with E-state index in [2.05, 4.69) is 31.5 Å². The van der Waals surface area contributed by atoms with Gasteiger partial charge in [0.1, 0.15) is 5.82 Å². The third-order valence-electron chi connectivity index (χ3n) is 2.28. The predicted octanol–water partition coefficient (Wildman–Crippen LogP) is 3.40. The van der Waals surface area contributed by atoms with Crippen LogP contribution in [0.5, 0.6) is 0 Å². The summed E-state index contributed by atoms with van der Waals surface area (Å²) in [6, 6.07) is 8.49. The van der Waals surface area contributed by atoms with Crippen LogP contribution in [-0.4, -0.2) is 15.9 Å². The summed E-state index contributed by atoms with van der Waals surface area (Å²) in [5.74, 6) is 0.371. The lowest BCUT2D eigenvalue weighted by Crippen LogP contribution is -2.20. The number of nitro groups is 1. The van der Waals surface area contributed by atoms with E-state index in [-0.39, 0.29) is 5.69 Å². The summed E-state index contributed by atoms with van der Waals surface area (Å²) in [5, 5.41) is 15.6. The summed E-state index contributed by atoms with van der Waals surface area (Å²) in [6.07, 6.45) is 1.54. The van der Waals surface area contributed by atoms with Crippen LogP contribution in [0.25, 0.3) is 0 Å². The van der Waals surface area contributed by atoms with Gasteiger partial charge in [0.2, 0.25) is 0 Å². The Bertz CT molecular complexity index is 645. The third kappa shape index (κ3) is 3.75. The van der Waals surface area contributed by atoms with Gasteiger partial charge in [-0.3, -0.25) is 15.4 Å². The number of pyridine rings is 1. The van der Waals surface area contributed by atoms with Crippen LogP contribution in [0.2, 0.25) is 0 Å². The Balaban J connectivity index is 2.02. The number of anilines is 2. The Labute approximate surface area is 122 Å². The van der Waals surface area contributed by atoms with Crippen molar-refractivity contribution in [2.45, 2.75) is 0 Å². The van der Waals surface area contributed by atoms with E-state index >= 15 is 0 Å². The van der Waals surface area contributed by atoms with E-state index in [4.69, 9.17) is 0 Å². The number of urea groups is 1. The Kier molecular flexibility index (Phi) is 4.26. The normalized spacial score (nSPS) is 9.85. The van der Waals surface area contributed by atoms with Gasteiger partial charge >= 0.3 is 6.03 Å². The molecule has 0 unspecified atom stereocenters. The number of carbonyl (C=O) groups excluding carboxylic acids is 1. The van der Waals surface area contributed by atoms with Gasteiger partial charge in [-0.1, -0.05) is 6.07 Å². The molecule has 1 heterocycles. The molecule has 20 heavy (non-hydrogen) atoms. The maximum Gasteiger partial charge on any atom is 0.324 e. The quantitative estimate of drug-likeness (QED) is 0.663. The molecule has 2 amide bonds. The smallest absolute Gasteiger partial charge is 0.307 e. The van der Waals surface area contributed by atoms with Crippen molar-refractivity contribution in [3.05, 3.63) is 57.2 Å². The van der Waals surface area contributed by atoms with Gasteiger partial charge in [0, 0.05) is 28.5 Å². The molecule has 0 atom stereocenters. The summed E-state index contributed by atoms with van der Waals surface area (Å²) in [6.45, 7) is 0. The molecule has 0 saturated heterocycles. The van der Waals surface area contributed by atoms with Crippen molar-refractivity contribution in [1.29, 1.82) is 0 Å². The monoisotopic (exact) mass is 336 g/mol. The van der Waals surface area contributed by atoms with E-state index in [0.29, 0.717) is 11.5 Å². The second-order valence-electron chi connectivity index (χ2n) is 3.75. The number of nitrogens with zero attached hydrogens (tertiary/aromatic N) is 2. The number of carbonyl (C=O) groups is 1. The van der Waals surface area contributed by atoms with Crippen molar-refractivity contribution in [2.24, 2.45) is 0 Å². The van der Waals surface area contributed by atoms with Gasteiger partial charge in [0.05, 0.1) is 4.92 Å². The second kappa shape index (κ2) is 6.11. The molecule has 0 saturated carbocycles. The molecule has 8 heteroatoms. The van der Waals surface area contributed by atoms with Crippen molar-refractivity contribution in [1.82, 2.24) is 4.98 Å². The van der Waals surface area contributed by atoms with Gasteiger partial charge in [-0.2, -0.15) is 0 Å². The minimum atomic E-state index is -0.528. The summed E-state index contributed by atoms with van der Waals surface area (Å²) in [4.78, 5) is 25.8. The van der Waals surface area contributed by atoms with Crippen LogP contribution in [0.4, 0.5) is 22.0 Å². The number of rotatable bonds is 3. The summed E-state index contributed by atoms with van der Waals surface area (Å²) >= 11 is 3.23. The summed E-state index contributed by atoms with van der Waals surface area (Å²) in [5.41, 5.74) is 0.235. The molecule has 0 aliphatic heterocycles. The van der Waals surface area contributed by atoms with Crippen molar-refractivity contribution in [3.8, 4) is 0 Å². The summed E-state index contributed by atoms with van der Waals surface area (Å²) in [7, 11) is 0. The molecule has 0 radical (unpaired) electrons. The maximum absolute atomic E-state index is 11.7. The minimum absolute atomic E-state index is 0.0930. The molecule has 102 valence electrons. The topological polar surface area (TPSA) is 97.2 Å². The number of non-ortho nitro benzene ring substituents is 1. The molecule has 0 bridgehead atoms. The number of hydrogen-bond donors (Lipinski definition) is 2. The molecular formula is C12H9BrN4O3. The van der Waals surface area contributed by atoms with Crippen LogP contribution >= 0.6 is 15.9 Å². The molecule has 0 spiro atoms. The number of halogens is 1. The van der Waals surface area contributed by atoms with E-state index in [9.17, 15) is 14.9 Å². The molecule has 1 aromatic heterocycles. The number of nitrogens with one attached hydrogen (secondary N) is 2. The van der Waals surface area contributed by atoms with Crippen LogP contribution < -0.4 is 10.6 Å². The number of amides is 2. The lowest BCUT2D eigenvalue weighted by molar-refractivity contribution is -0.384. The Morgan fingerprint density at radius 2 is 2.05 bits per heavy atom. The predicted molar refractivity (Wildman–Crippen MR) is 77.7 cm³/mol. The van der Waals surface area contributed by atoms with Gasteiger partial charge in [-0.05, 0) is 34.1 Å². The van der Waals surface area contributed by atoms with Crippen molar-refractivity contribution >= 4 is 39.2 Å². The minimum Gasteiger partial charge on any atom is -0.307 e. The highest BCUT2D eigenvalue weighted by Crippen LogP contribution is 2.17. The Morgan fingerprint density at radius 1 is 1.25 bits per heavy atom. The van der Waals surface area contributed by atoms with E-state index in [0.717, 1.165) is 4.47 Å². The largest absolute Gasteiger partial charge is 0.324 e. The highest BCUT2D eigenvalue weighted by atomic mass is 79.9. The SMILES string of the molecule is O=C(Nc1cccc([N+](=O)[O-])c1)Nc1ccc(Br)cn1. The average molecular weight is 337 g/mol. The first-order chi connectivity index (χ1) is 9.54. The molecule has 2 N–H and O–H groups in total. The first-order valence-corrected chi connectivity index (χ1v) is 6.28. The van der Waals surface area contributed by atoms with Gasteiger partial charge in [0.25, 0.3) is 5.69 Å². The zero-order chi connectivity index (χ0) is 14.5. The summed E-state index contributed by atoms with van der Waals surface area (Å²) < 4.78 is 0.794. The van der Waals surface area contributed by atoms with Crippen molar-refractivity contribution in [2.75, 3.05) is 10.6 Å². The molecule has 0 fully saturated rings. The molecule has 2 aromatic rings. The zero-order valence-electron chi connectivity index (χ0n) is 10.0. The highest BCUT2D eigenvalue weighted by molar-refractivity contribution is 9.10. The fourth-order valence-corrected chi connectivity index (χ4v) is 1.66. The second-order valence-corrected chi connectivity index (χ2v) is 4.66. The van der Waals surface area contributed by atoms with Gasteiger partial charge in [-0.15, -0.1) is 0 Å². The first kappa shape index (κ1) is 13.9. The van der Waals surface area contributed by atoms with Crippen LogP contribution in [0.15, 0.2) is 47.1 Å². The van der Waals surface area contributed by atoms with E-state index in [1.807, 2.05) is 0 Å². The number of nitro benzene ring substituents is 1. The first-order valence-electron chi connectivity index (χ1n) is 5.48. The average Bonchev–Trinajstić information content (AvgIpc) is 2.41. The molecule has 0 aliphatic carbocycles. The molecule has 2 rings (SSSR count). The van der Waals surface area contributed by atoms with E-state index in [1.165, 1.54) is 18.2 Å². The number of hydrogen-bond acceptors (Lipinski definition) is 4. The van der Waals surface area contributed by atoms with Crippen LogP contribution in [0.1, 0.15) is 0 Å².